The van der Waals surface area contributed by atoms with E-state index in [4.69, 9.17) is 4.74 Å². The monoisotopic (exact) mass is 418 g/mol. The van der Waals surface area contributed by atoms with E-state index in [1.54, 1.807) is 6.92 Å². The molecule has 3 rings (SSSR count). The minimum atomic E-state index is -2.98. The Bertz CT molecular complexity index is 1040. The molecule has 0 radical (unpaired) electrons. The number of hydrogen-bond acceptors (Lipinski definition) is 5. The second kappa shape index (κ2) is 9.59. The Morgan fingerprint density at radius 1 is 1.23 bits per heavy atom. The molecule has 1 amide bonds. The first-order chi connectivity index (χ1) is 14.5. The van der Waals surface area contributed by atoms with E-state index in [9.17, 15) is 18.0 Å². The summed E-state index contributed by atoms with van der Waals surface area (Å²) in [5.41, 5.74) is 0.972. The summed E-state index contributed by atoms with van der Waals surface area (Å²) in [5, 5.41) is 6.39. The second-order valence-electron chi connectivity index (χ2n) is 5.85. The van der Waals surface area contributed by atoms with Crippen LogP contribution in [0.4, 0.5) is 18.9 Å². The Hall–Kier alpha value is -3.82. The largest absolute Gasteiger partial charge is 0.490 e. The average molecular weight is 418 g/mol. The highest BCUT2D eigenvalue weighted by molar-refractivity contribution is 6.02. The number of amides is 1. The normalized spacial score (nSPS) is 11.1. The molecule has 1 aromatic heterocycles. The Balaban J connectivity index is 1.68. The third-order valence-electron chi connectivity index (χ3n) is 3.79. The van der Waals surface area contributed by atoms with Crippen molar-refractivity contribution in [1.29, 1.82) is 0 Å². The molecule has 7 nitrogen and oxygen atoms in total. The van der Waals surface area contributed by atoms with Crippen LogP contribution in [0.3, 0.4) is 0 Å². The number of benzene rings is 2. The lowest BCUT2D eigenvalue weighted by Crippen LogP contribution is -2.09. The van der Waals surface area contributed by atoms with Gasteiger partial charge in [0.15, 0.2) is 17.3 Å². The SMILES string of the molecule is CCOc1cc(C=CC(=O)Nc2ccc(-n3cncn3)c(F)c2)ccc1OC(F)F. The van der Waals surface area contributed by atoms with Gasteiger partial charge in [0.05, 0.1) is 6.61 Å². The third kappa shape index (κ3) is 5.37. The van der Waals surface area contributed by atoms with Crippen LogP contribution in [-0.2, 0) is 4.79 Å². The zero-order valence-corrected chi connectivity index (χ0v) is 15.8. The van der Waals surface area contributed by atoms with Gasteiger partial charge in [-0.3, -0.25) is 4.79 Å². The van der Waals surface area contributed by atoms with Crippen molar-refractivity contribution in [2.45, 2.75) is 13.5 Å². The van der Waals surface area contributed by atoms with Gasteiger partial charge in [0, 0.05) is 11.8 Å². The van der Waals surface area contributed by atoms with E-state index in [2.05, 4.69) is 20.1 Å². The first-order valence-electron chi connectivity index (χ1n) is 8.81. The van der Waals surface area contributed by atoms with Crippen molar-refractivity contribution in [3.8, 4) is 17.2 Å². The topological polar surface area (TPSA) is 78.3 Å². The van der Waals surface area contributed by atoms with Crippen LogP contribution in [0.25, 0.3) is 11.8 Å². The zero-order chi connectivity index (χ0) is 21.5. The number of hydrogen-bond donors (Lipinski definition) is 1. The van der Waals surface area contributed by atoms with Gasteiger partial charge in [0.2, 0.25) is 5.91 Å². The van der Waals surface area contributed by atoms with Crippen molar-refractivity contribution in [2.75, 3.05) is 11.9 Å². The van der Waals surface area contributed by atoms with Gasteiger partial charge in [-0.2, -0.15) is 13.9 Å². The summed E-state index contributed by atoms with van der Waals surface area (Å²) in [6.07, 6.45) is 5.32. The van der Waals surface area contributed by atoms with Gasteiger partial charge in [0.1, 0.15) is 18.3 Å². The quantitative estimate of drug-likeness (QED) is 0.559. The fraction of sp³-hybridized carbons (Fsp3) is 0.150. The molecule has 156 valence electrons. The first kappa shape index (κ1) is 20.9. The molecule has 0 atom stereocenters. The van der Waals surface area contributed by atoms with Gasteiger partial charge in [-0.05, 0) is 48.9 Å². The molecule has 0 spiro atoms. The second-order valence-corrected chi connectivity index (χ2v) is 5.85. The van der Waals surface area contributed by atoms with Crippen LogP contribution in [0, 0.1) is 5.82 Å². The number of carbonyl (C=O) groups excluding carboxylic acids is 1. The molecule has 0 saturated heterocycles. The highest BCUT2D eigenvalue weighted by Gasteiger charge is 2.11. The summed E-state index contributed by atoms with van der Waals surface area (Å²) in [7, 11) is 0. The highest BCUT2D eigenvalue weighted by Crippen LogP contribution is 2.30. The van der Waals surface area contributed by atoms with Crippen molar-refractivity contribution in [3.05, 3.63) is 66.5 Å². The molecular formula is C20H17F3N4O3. The molecule has 0 saturated carbocycles. The molecule has 2 aromatic carbocycles. The average Bonchev–Trinajstić information content (AvgIpc) is 3.22. The van der Waals surface area contributed by atoms with E-state index in [1.807, 2.05) is 0 Å². The van der Waals surface area contributed by atoms with Crippen LogP contribution in [0.15, 0.2) is 55.1 Å². The van der Waals surface area contributed by atoms with Crippen molar-refractivity contribution in [1.82, 2.24) is 14.8 Å². The van der Waals surface area contributed by atoms with Crippen molar-refractivity contribution in [3.63, 3.8) is 0 Å². The fourth-order valence-electron chi connectivity index (χ4n) is 2.55. The minimum absolute atomic E-state index is 0.101. The predicted molar refractivity (Wildman–Crippen MR) is 103 cm³/mol. The predicted octanol–water partition coefficient (Wildman–Crippen LogP) is 4.06. The van der Waals surface area contributed by atoms with E-state index in [-0.39, 0.29) is 29.5 Å². The number of carbonyl (C=O) groups is 1. The maximum Gasteiger partial charge on any atom is 0.387 e. The summed E-state index contributed by atoms with van der Waals surface area (Å²) < 4.78 is 50.1. The lowest BCUT2D eigenvalue weighted by atomic mass is 10.2. The number of anilines is 1. The van der Waals surface area contributed by atoms with Gasteiger partial charge in [-0.25, -0.2) is 14.1 Å². The standard InChI is InChI=1S/C20H17F3N4O3/c1-2-29-18-9-13(3-7-17(18)30-20(22)23)4-8-19(28)26-14-5-6-16(15(21)10-14)27-12-24-11-25-27/h3-12,20H,2H2,1H3,(H,26,28). The molecule has 0 aliphatic carbocycles. The number of alkyl halides is 2. The van der Waals surface area contributed by atoms with Crippen LogP contribution in [0.5, 0.6) is 11.5 Å². The van der Waals surface area contributed by atoms with E-state index in [0.29, 0.717) is 5.56 Å². The summed E-state index contributed by atoms with van der Waals surface area (Å²) in [6.45, 7) is -1.02. The van der Waals surface area contributed by atoms with Crippen molar-refractivity contribution < 1.29 is 27.4 Å². The number of halogens is 3. The van der Waals surface area contributed by atoms with E-state index < -0.39 is 18.3 Å². The summed E-state index contributed by atoms with van der Waals surface area (Å²) in [6, 6.07) is 8.43. The molecule has 0 aliphatic heterocycles. The van der Waals surface area contributed by atoms with Gasteiger partial charge in [-0.15, -0.1) is 0 Å². The molecule has 1 heterocycles. The minimum Gasteiger partial charge on any atom is -0.490 e. The van der Waals surface area contributed by atoms with Crippen LogP contribution in [0.2, 0.25) is 0 Å². The number of nitrogens with one attached hydrogen (secondary N) is 1. The number of ether oxygens (including phenoxy) is 2. The van der Waals surface area contributed by atoms with E-state index in [0.717, 1.165) is 6.07 Å². The Morgan fingerprint density at radius 2 is 2.07 bits per heavy atom. The zero-order valence-electron chi connectivity index (χ0n) is 15.8. The molecule has 1 N–H and O–H groups in total. The lowest BCUT2D eigenvalue weighted by molar-refractivity contribution is -0.111. The fourth-order valence-corrected chi connectivity index (χ4v) is 2.55. The maximum atomic E-state index is 14.2. The van der Waals surface area contributed by atoms with Gasteiger partial charge >= 0.3 is 6.61 Å². The molecule has 0 unspecified atom stereocenters. The molecule has 10 heteroatoms. The van der Waals surface area contributed by atoms with E-state index in [1.165, 1.54) is 59.8 Å². The Morgan fingerprint density at radius 3 is 2.73 bits per heavy atom. The van der Waals surface area contributed by atoms with Crippen molar-refractivity contribution in [2.24, 2.45) is 0 Å². The smallest absolute Gasteiger partial charge is 0.387 e. The van der Waals surface area contributed by atoms with Crippen LogP contribution in [-0.4, -0.2) is 33.9 Å². The van der Waals surface area contributed by atoms with Gasteiger partial charge < -0.3 is 14.8 Å². The number of nitrogens with zero attached hydrogens (tertiary/aromatic N) is 3. The lowest BCUT2D eigenvalue weighted by Gasteiger charge is -2.11. The van der Waals surface area contributed by atoms with Crippen LogP contribution in [0.1, 0.15) is 12.5 Å². The van der Waals surface area contributed by atoms with Gasteiger partial charge in [-0.1, -0.05) is 6.07 Å². The molecule has 0 fully saturated rings. The van der Waals surface area contributed by atoms with Gasteiger partial charge in [0.25, 0.3) is 0 Å². The maximum absolute atomic E-state index is 14.2. The molecule has 3 aromatic rings. The third-order valence-corrected chi connectivity index (χ3v) is 3.79. The Labute approximate surface area is 169 Å². The summed E-state index contributed by atoms with van der Waals surface area (Å²) in [4.78, 5) is 15.9. The van der Waals surface area contributed by atoms with Crippen molar-refractivity contribution >= 4 is 17.7 Å². The molecule has 30 heavy (non-hydrogen) atoms. The molecule has 0 aliphatic rings. The first-order valence-corrected chi connectivity index (χ1v) is 8.81. The van der Waals surface area contributed by atoms with Crippen LogP contribution >= 0.6 is 0 Å². The molecule has 0 bridgehead atoms. The summed E-state index contributed by atoms with van der Waals surface area (Å²) >= 11 is 0. The molecular weight excluding hydrogens is 401 g/mol. The van der Waals surface area contributed by atoms with Crippen LogP contribution < -0.4 is 14.8 Å². The van der Waals surface area contributed by atoms with E-state index >= 15 is 0 Å². The number of aromatic nitrogens is 3. The highest BCUT2D eigenvalue weighted by atomic mass is 19.3. The number of rotatable bonds is 8. The Kier molecular flexibility index (Phi) is 6.68. The summed E-state index contributed by atoms with van der Waals surface area (Å²) in [5.74, 6) is -1.06.